The summed E-state index contributed by atoms with van der Waals surface area (Å²) in [6, 6.07) is 7.93. The highest BCUT2D eigenvalue weighted by Gasteiger charge is 2.34. The number of hydrogen-bond donors (Lipinski definition) is 0. The number of pyridine rings is 1. The Bertz CT molecular complexity index is 885. The summed E-state index contributed by atoms with van der Waals surface area (Å²) in [5.41, 5.74) is -0.994. The van der Waals surface area contributed by atoms with Gasteiger partial charge in [-0.15, -0.1) is 0 Å². The van der Waals surface area contributed by atoms with E-state index in [0.717, 1.165) is 12.1 Å². The van der Waals surface area contributed by atoms with Crippen molar-refractivity contribution in [2.24, 2.45) is 0 Å². The zero-order valence-electron chi connectivity index (χ0n) is 14.0. The van der Waals surface area contributed by atoms with E-state index < -0.39 is 22.4 Å². The van der Waals surface area contributed by atoms with Crippen LogP contribution in [-0.2, 0) is 6.18 Å². The molecule has 0 aliphatic carbocycles. The van der Waals surface area contributed by atoms with E-state index in [1.807, 2.05) is 11.0 Å². The first-order chi connectivity index (χ1) is 12.8. The highest BCUT2D eigenvalue weighted by Crippen LogP contribution is 2.36. The summed E-state index contributed by atoms with van der Waals surface area (Å²) in [4.78, 5) is 18.3. The molecule has 0 saturated carbocycles. The fourth-order valence-electron chi connectivity index (χ4n) is 2.93. The van der Waals surface area contributed by atoms with E-state index in [9.17, 15) is 23.3 Å². The van der Waals surface area contributed by atoms with Crippen LogP contribution in [0.25, 0.3) is 0 Å². The fourth-order valence-corrected chi connectivity index (χ4v) is 2.93. The largest absolute Gasteiger partial charge is 0.416 e. The molecule has 0 unspecified atom stereocenters. The lowest BCUT2D eigenvalue weighted by molar-refractivity contribution is -0.384. The second-order valence-electron chi connectivity index (χ2n) is 5.95. The van der Waals surface area contributed by atoms with Crippen molar-refractivity contribution in [3.8, 4) is 6.07 Å². The predicted octanol–water partition coefficient (Wildman–Crippen LogP) is 3.21. The SMILES string of the molecule is N#Cc1ccc(N2CCN(c3ccc(C(F)(F)F)cc3[N+](=O)[O-])CC2)nc1. The highest BCUT2D eigenvalue weighted by molar-refractivity contribution is 5.65. The molecule has 140 valence electrons. The van der Waals surface area contributed by atoms with Crippen molar-refractivity contribution in [1.29, 1.82) is 5.26 Å². The van der Waals surface area contributed by atoms with E-state index in [1.54, 1.807) is 17.0 Å². The van der Waals surface area contributed by atoms with Gasteiger partial charge < -0.3 is 9.80 Å². The van der Waals surface area contributed by atoms with E-state index in [1.165, 1.54) is 6.20 Å². The van der Waals surface area contributed by atoms with E-state index in [2.05, 4.69) is 4.98 Å². The van der Waals surface area contributed by atoms with Crippen LogP contribution in [0.5, 0.6) is 0 Å². The van der Waals surface area contributed by atoms with Gasteiger partial charge in [-0.05, 0) is 24.3 Å². The van der Waals surface area contributed by atoms with Gasteiger partial charge in [0, 0.05) is 38.4 Å². The van der Waals surface area contributed by atoms with E-state index >= 15 is 0 Å². The number of benzene rings is 1. The van der Waals surface area contributed by atoms with Gasteiger partial charge in [0.15, 0.2) is 0 Å². The number of nitriles is 1. The van der Waals surface area contributed by atoms with Gasteiger partial charge in [0.05, 0.1) is 16.1 Å². The summed E-state index contributed by atoms with van der Waals surface area (Å²) in [6.07, 6.45) is -3.17. The summed E-state index contributed by atoms with van der Waals surface area (Å²) in [6.45, 7) is 1.79. The minimum Gasteiger partial charge on any atom is -0.362 e. The number of nitro groups is 1. The maximum Gasteiger partial charge on any atom is 0.416 e. The molecule has 0 amide bonds. The molecule has 1 aromatic carbocycles. The molecule has 0 spiro atoms. The fraction of sp³-hybridized carbons (Fsp3) is 0.294. The number of nitrogens with zero attached hydrogens (tertiary/aromatic N) is 5. The summed E-state index contributed by atoms with van der Waals surface area (Å²) < 4.78 is 38.5. The van der Waals surface area contributed by atoms with Gasteiger partial charge in [-0.2, -0.15) is 18.4 Å². The topological polar surface area (TPSA) is 86.3 Å². The summed E-state index contributed by atoms with van der Waals surface area (Å²) in [7, 11) is 0. The van der Waals surface area contributed by atoms with E-state index in [0.29, 0.717) is 43.6 Å². The van der Waals surface area contributed by atoms with Gasteiger partial charge in [0.2, 0.25) is 0 Å². The van der Waals surface area contributed by atoms with Crippen LogP contribution in [0, 0.1) is 21.4 Å². The first kappa shape index (κ1) is 18.4. The Morgan fingerprint density at radius 1 is 1.11 bits per heavy atom. The molecule has 1 aliphatic heterocycles. The molecular weight excluding hydrogens is 363 g/mol. The van der Waals surface area contributed by atoms with Crippen LogP contribution in [0.4, 0.5) is 30.4 Å². The monoisotopic (exact) mass is 377 g/mol. The van der Waals surface area contributed by atoms with Crippen LogP contribution in [0.1, 0.15) is 11.1 Å². The van der Waals surface area contributed by atoms with Gasteiger partial charge in [-0.3, -0.25) is 10.1 Å². The number of alkyl halides is 3. The number of piperazine rings is 1. The minimum atomic E-state index is -4.64. The predicted molar refractivity (Wildman–Crippen MR) is 91.5 cm³/mol. The molecule has 7 nitrogen and oxygen atoms in total. The maximum atomic E-state index is 12.8. The quantitative estimate of drug-likeness (QED) is 0.603. The molecule has 27 heavy (non-hydrogen) atoms. The van der Waals surface area contributed by atoms with E-state index in [4.69, 9.17) is 5.26 Å². The Balaban J connectivity index is 1.77. The molecule has 10 heteroatoms. The number of aromatic nitrogens is 1. The maximum absolute atomic E-state index is 12.8. The molecule has 0 radical (unpaired) electrons. The third-order valence-electron chi connectivity index (χ3n) is 4.32. The van der Waals surface area contributed by atoms with Gasteiger partial charge in [-0.1, -0.05) is 0 Å². The number of halogens is 3. The number of nitro benzene ring substituents is 1. The second kappa shape index (κ2) is 7.11. The lowest BCUT2D eigenvalue weighted by atomic mass is 10.1. The zero-order valence-corrected chi connectivity index (χ0v) is 14.0. The van der Waals surface area contributed by atoms with Crippen molar-refractivity contribution in [2.45, 2.75) is 6.18 Å². The summed E-state index contributed by atoms with van der Waals surface area (Å²) >= 11 is 0. The number of anilines is 2. The van der Waals surface area contributed by atoms with E-state index in [-0.39, 0.29) is 5.69 Å². The summed E-state index contributed by atoms with van der Waals surface area (Å²) in [5, 5.41) is 20.1. The molecular formula is C17H14F3N5O2. The van der Waals surface area contributed by atoms with Crippen LogP contribution < -0.4 is 9.80 Å². The van der Waals surface area contributed by atoms with Crippen molar-refractivity contribution in [3.63, 3.8) is 0 Å². The van der Waals surface area contributed by atoms with Gasteiger partial charge in [-0.25, -0.2) is 4.98 Å². The Labute approximate surface area is 152 Å². The number of rotatable bonds is 3. The molecule has 0 atom stereocenters. The Morgan fingerprint density at radius 3 is 2.30 bits per heavy atom. The smallest absolute Gasteiger partial charge is 0.362 e. The molecule has 0 N–H and O–H groups in total. The second-order valence-corrected chi connectivity index (χ2v) is 5.95. The molecule has 1 aliphatic rings. The van der Waals surface area contributed by atoms with Crippen LogP contribution in [0.3, 0.4) is 0 Å². The Morgan fingerprint density at radius 2 is 1.78 bits per heavy atom. The Hall–Kier alpha value is -3.35. The van der Waals surface area contributed by atoms with Gasteiger partial charge in [0.25, 0.3) is 5.69 Å². The van der Waals surface area contributed by atoms with Crippen molar-refractivity contribution in [3.05, 3.63) is 57.8 Å². The highest BCUT2D eigenvalue weighted by atomic mass is 19.4. The number of hydrogen-bond acceptors (Lipinski definition) is 6. The molecule has 3 rings (SSSR count). The van der Waals surface area contributed by atoms with Crippen LogP contribution in [-0.4, -0.2) is 36.1 Å². The molecule has 1 saturated heterocycles. The normalized spacial score (nSPS) is 14.7. The van der Waals surface area contributed by atoms with Crippen molar-refractivity contribution in [1.82, 2.24) is 4.98 Å². The molecule has 1 aromatic heterocycles. The standard InChI is InChI=1S/C17H14F3N5O2/c18-17(19,20)13-2-3-14(15(9-13)25(26)27)23-5-7-24(8-6-23)16-4-1-12(10-21)11-22-16/h1-4,9,11H,5-8H2. The first-order valence-corrected chi connectivity index (χ1v) is 8.01. The average Bonchev–Trinajstić information content (AvgIpc) is 2.67. The summed E-state index contributed by atoms with van der Waals surface area (Å²) in [5.74, 6) is 0.676. The molecule has 1 fully saturated rings. The van der Waals surface area contributed by atoms with Crippen molar-refractivity contribution in [2.75, 3.05) is 36.0 Å². The van der Waals surface area contributed by atoms with Crippen LogP contribution >= 0.6 is 0 Å². The molecule has 0 bridgehead atoms. The molecule has 2 heterocycles. The third-order valence-corrected chi connectivity index (χ3v) is 4.32. The third kappa shape index (κ3) is 3.92. The van der Waals surface area contributed by atoms with Crippen molar-refractivity contribution >= 4 is 17.2 Å². The molecule has 2 aromatic rings. The van der Waals surface area contributed by atoms with Crippen LogP contribution in [0.2, 0.25) is 0 Å². The lowest BCUT2D eigenvalue weighted by Crippen LogP contribution is -2.47. The van der Waals surface area contributed by atoms with Crippen LogP contribution in [0.15, 0.2) is 36.5 Å². The average molecular weight is 377 g/mol. The van der Waals surface area contributed by atoms with Crippen molar-refractivity contribution < 1.29 is 18.1 Å². The first-order valence-electron chi connectivity index (χ1n) is 8.01. The Kier molecular flexibility index (Phi) is 4.85. The zero-order chi connectivity index (χ0) is 19.6. The van der Waals surface area contributed by atoms with Gasteiger partial charge in [0.1, 0.15) is 17.6 Å². The lowest BCUT2D eigenvalue weighted by Gasteiger charge is -2.36. The minimum absolute atomic E-state index is 0.167. The van der Waals surface area contributed by atoms with Gasteiger partial charge >= 0.3 is 6.18 Å².